The quantitative estimate of drug-likeness (QED) is 0.797. The molecule has 1 amide bonds. The van der Waals surface area contributed by atoms with Gasteiger partial charge >= 0.3 is 12.1 Å². The Morgan fingerprint density at radius 2 is 1.95 bits per heavy atom. The number of likely N-dealkylation sites (tertiary alicyclic amines) is 1. The molecule has 20 heavy (non-hydrogen) atoms. The number of benzene rings is 1. The van der Waals surface area contributed by atoms with Gasteiger partial charge in [0.15, 0.2) is 0 Å². The summed E-state index contributed by atoms with van der Waals surface area (Å²) < 4.78 is 4.62. The molecule has 2 unspecified atom stereocenters. The minimum Gasteiger partial charge on any atom is -0.465 e. The molecule has 1 aromatic rings. The number of rotatable bonds is 2. The van der Waals surface area contributed by atoms with Crippen LogP contribution in [-0.2, 0) is 4.74 Å². The molecule has 6 nitrogen and oxygen atoms in total. The van der Waals surface area contributed by atoms with Crippen molar-refractivity contribution in [2.24, 2.45) is 0 Å². The summed E-state index contributed by atoms with van der Waals surface area (Å²) in [6.07, 6.45) is -1.18. The van der Waals surface area contributed by atoms with E-state index >= 15 is 0 Å². The van der Waals surface area contributed by atoms with Crippen molar-refractivity contribution in [3.05, 3.63) is 35.4 Å². The summed E-state index contributed by atoms with van der Waals surface area (Å²) in [5.74, 6) is -0.518. The van der Waals surface area contributed by atoms with Crippen LogP contribution in [0.3, 0.4) is 0 Å². The fourth-order valence-electron chi connectivity index (χ4n) is 2.48. The Bertz CT molecular complexity index is 499. The second kappa shape index (κ2) is 5.92. The van der Waals surface area contributed by atoms with E-state index in [-0.39, 0.29) is 12.5 Å². The topological polar surface area (TPSA) is 87.1 Å². The number of hydrogen-bond donors (Lipinski definition) is 2. The molecule has 0 saturated carbocycles. The number of ether oxygens (including phenoxy) is 1. The largest absolute Gasteiger partial charge is 0.465 e. The normalized spacial score (nSPS) is 22.4. The molecule has 1 saturated heterocycles. The van der Waals surface area contributed by atoms with Gasteiger partial charge in [-0.2, -0.15) is 0 Å². The first-order chi connectivity index (χ1) is 9.52. The number of nitrogens with zero attached hydrogens (tertiary/aromatic N) is 1. The molecule has 0 bridgehead atoms. The highest BCUT2D eigenvalue weighted by atomic mass is 16.5. The van der Waals surface area contributed by atoms with Gasteiger partial charge < -0.3 is 19.8 Å². The molecular formula is C14H17NO5. The van der Waals surface area contributed by atoms with Gasteiger partial charge in [-0.05, 0) is 24.1 Å². The van der Waals surface area contributed by atoms with Gasteiger partial charge in [-0.1, -0.05) is 12.1 Å². The van der Waals surface area contributed by atoms with E-state index in [1.165, 1.54) is 12.0 Å². The first kappa shape index (κ1) is 14.3. The number of aliphatic hydroxyl groups is 1. The minimum atomic E-state index is -1.01. The Kier molecular flexibility index (Phi) is 4.24. The van der Waals surface area contributed by atoms with Crippen molar-refractivity contribution in [3.8, 4) is 0 Å². The number of methoxy groups -OCH3 is 1. The van der Waals surface area contributed by atoms with Crippen molar-refractivity contribution in [1.82, 2.24) is 4.90 Å². The highest BCUT2D eigenvalue weighted by molar-refractivity contribution is 5.89. The molecule has 2 atom stereocenters. The highest BCUT2D eigenvalue weighted by Gasteiger charge is 2.31. The number of carboxylic acid groups (broad SMARTS) is 1. The van der Waals surface area contributed by atoms with Crippen molar-refractivity contribution in [2.45, 2.75) is 18.4 Å². The van der Waals surface area contributed by atoms with Crippen LogP contribution in [-0.4, -0.2) is 53.5 Å². The van der Waals surface area contributed by atoms with Gasteiger partial charge in [0.25, 0.3) is 0 Å². The van der Waals surface area contributed by atoms with E-state index in [4.69, 9.17) is 5.11 Å². The first-order valence-corrected chi connectivity index (χ1v) is 6.37. The molecule has 1 heterocycles. The maximum atomic E-state index is 11.3. The summed E-state index contributed by atoms with van der Waals surface area (Å²) in [7, 11) is 1.32. The molecule has 2 rings (SSSR count). The van der Waals surface area contributed by atoms with E-state index < -0.39 is 18.2 Å². The van der Waals surface area contributed by atoms with E-state index in [0.717, 1.165) is 5.56 Å². The summed E-state index contributed by atoms with van der Waals surface area (Å²) in [5.41, 5.74) is 1.35. The number of hydrogen-bond acceptors (Lipinski definition) is 4. The van der Waals surface area contributed by atoms with Crippen molar-refractivity contribution in [3.63, 3.8) is 0 Å². The molecule has 108 valence electrons. The lowest BCUT2D eigenvalue weighted by molar-refractivity contribution is 0.0503. The van der Waals surface area contributed by atoms with Crippen LogP contribution in [0.4, 0.5) is 4.79 Å². The third kappa shape index (κ3) is 2.91. The third-order valence-corrected chi connectivity index (χ3v) is 3.61. The van der Waals surface area contributed by atoms with Gasteiger partial charge in [0.05, 0.1) is 25.3 Å². The Balaban J connectivity index is 2.09. The van der Waals surface area contributed by atoms with E-state index in [9.17, 15) is 14.7 Å². The fraction of sp³-hybridized carbons (Fsp3) is 0.429. The van der Waals surface area contributed by atoms with Crippen LogP contribution in [0.15, 0.2) is 24.3 Å². The Hall–Kier alpha value is -2.08. The van der Waals surface area contributed by atoms with Crippen molar-refractivity contribution < 1.29 is 24.5 Å². The molecule has 0 aliphatic carbocycles. The number of amides is 1. The number of carbonyl (C=O) groups excluding carboxylic acids is 1. The van der Waals surface area contributed by atoms with Gasteiger partial charge in [0.1, 0.15) is 0 Å². The standard InChI is InChI=1S/C14H17NO5/c1-20-13(17)10-4-2-9(3-5-10)11-6-7-15(14(18)19)8-12(11)16/h2-5,11-12,16H,6-8H2,1H3,(H,18,19). The van der Waals surface area contributed by atoms with E-state index in [0.29, 0.717) is 18.5 Å². The van der Waals surface area contributed by atoms with E-state index in [1.807, 2.05) is 0 Å². The van der Waals surface area contributed by atoms with Crippen LogP contribution >= 0.6 is 0 Å². The predicted octanol–water partition coefficient (Wildman–Crippen LogP) is 1.30. The maximum Gasteiger partial charge on any atom is 0.407 e. The molecule has 0 radical (unpaired) electrons. The Morgan fingerprint density at radius 3 is 2.45 bits per heavy atom. The Morgan fingerprint density at radius 1 is 1.30 bits per heavy atom. The van der Waals surface area contributed by atoms with Crippen LogP contribution in [0.5, 0.6) is 0 Å². The number of esters is 1. The van der Waals surface area contributed by atoms with Crippen LogP contribution < -0.4 is 0 Å². The van der Waals surface area contributed by atoms with Crippen LogP contribution in [0.25, 0.3) is 0 Å². The van der Waals surface area contributed by atoms with E-state index in [2.05, 4.69) is 4.74 Å². The predicted molar refractivity (Wildman–Crippen MR) is 70.7 cm³/mol. The first-order valence-electron chi connectivity index (χ1n) is 6.37. The number of aliphatic hydroxyl groups excluding tert-OH is 1. The van der Waals surface area contributed by atoms with Crippen LogP contribution in [0.2, 0.25) is 0 Å². The van der Waals surface area contributed by atoms with Crippen molar-refractivity contribution >= 4 is 12.1 Å². The molecule has 1 aromatic carbocycles. The monoisotopic (exact) mass is 279 g/mol. The van der Waals surface area contributed by atoms with Gasteiger partial charge in [0, 0.05) is 12.5 Å². The summed E-state index contributed by atoms with van der Waals surface area (Å²) in [6, 6.07) is 6.85. The molecule has 1 fully saturated rings. The summed E-state index contributed by atoms with van der Waals surface area (Å²) >= 11 is 0. The highest BCUT2D eigenvalue weighted by Crippen LogP contribution is 2.28. The molecule has 0 aromatic heterocycles. The second-order valence-corrected chi connectivity index (χ2v) is 4.80. The van der Waals surface area contributed by atoms with E-state index in [1.54, 1.807) is 24.3 Å². The van der Waals surface area contributed by atoms with Crippen molar-refractivity contribution in [2.75, 3.05) is 20.2 Å². The van der Waals surface area contributed by atoms with Crippen LogP contribution in [0, 0.1) is 0 Å². The zero-order valence-electron chi connectivity index (χ0n) is 11.2. The molecule has 2 N–H and O–H groups in total. The van der Waals surface area contributed by atoms with Gasteiger partial charge in [-0.3, -0.25) is 0 Å². The third-order valence-electron chi connectivity index (χ3n) is 3.61. The molecule has 6 heteroatoms. The minimum absolute atomic E-state index is 0.110. The molecule has 1 aliphatic rings. The van der Waals surface area contributed by atoms with Gasteiger partial charge in [-0.25, -0.2) is 9.59 Å². The number of piperidine rings is 1. The smallest absolute Gasteiger partial charge is 0.407 e. The van der Waals surface area contributed by atoms with Gasteiger partial charge in [0.2, 0.25) is 0 Å². The number of β-amino-alcohol motifs (C(OH)–C–C–N with tert-alkyl or cyclic N) is 1. The lowest BCUT2D eigenvalue weighted by Gasteiger charge is -2.34. The fourth-order valence-corrected chi connectivity index (χ4v) is 2.48. The summed E-state index contributed by atoms with van der Waals surface area (Å²) in [4.78, 5) is 23.4. The average Bonchev–Trinajstić information content (AvgIpc) is 2.46. The lowest BCUT2D eigenvalue weighted by atomic mass is 9.87. The second-order valence-electron chi connectivity index (χ2n) is 4.80. The SMILES string of the molecule is COC(=O)c1ccc(C2CCN(C(=O)O)CC2O)cc1. The van der Waals surface area contributed by atoms with Gasteiger partial charge in [-0.15, -0.1) is 0 Å². The maximum absolute atomic E-state index is 11.3. The lowest BCUT2D eigenvalue weighted by Crippen LogP contribution is -2.45. The zero-order valence-corrected chi connectivity index (χ0v) is 11.2. The Labute approximate surface area is 116 Å². The summed E-state index contributed by atoms with van der Waals surface area (Å²) in [6.45, 7) is 0.508. The molecule has 0 spiro atoms. The summed E-state index contributed by atoms with van der Waals surface area (Å²) in [5, 5.41) is 19.0. The zero-order chi connectivity index (χ0) is 14.7. The van der Waals surface area contributed by atoms with Crippen molar-refractivity contribution in [1.29, 1.82) is 0 Å². The molecule has 1 aliphatic heterocycles. The number of carbonyl (C=O) groups is 2. The molecular weight excluding hydrogens is 262 g/mol. The van der Waals surface area contributed by atoms with Crippen LogP contribution in [0.1, 0.15) is 28.3 Å². The average molecular weight is 279 g/mol.